The zero-order valence-electron chi connectivity index (χ0n) is 5.80. The van der Waals surface area contributed by atoms with Crippen molar-refractivity contribution >= 4 is 50.1 Å². The molecule has 1 rings (SSSR count). The van der Waals surface area contributed by atoms with Crippen molar-refractivity contribution in [3.05, 3.63) is 30.1 Å². The Kier molecular flexibility index (Phi) is 3.43. The van der Waals surface area contributed by atoms with Crippen LogP contribution in [-0.2, 0) is 0 Å². The molecule has 0 saturated carbocycles. The van der Waals surface area contributed by atoms with Crippen molar-refractivity contribution < 1.29 is 4.39 Å². The maximum Gasteiger partial charge on any atom is 0.184 e. The van der Waals surface area contributed by atoms with Crippen LogP contribution in [0.15, 0.2) is 24.3 Å². The van der Waals surface area contributed by atoms with Crippen LogP contribution in [0.4, 0.5) is 10.1 Å². The predicted octanol–water partition coefficient (Wildman–Crippen LogP) is 3.47. The van der Waals surface area contributed by atoms with Gasteiger partial charge in [0, 0.05) is 0 Å². The fraction of sp³-hybridized carbons (Fsp3) is 0. The highest BCUT2D eigenvalue weighted by Crippen LogP contribution is 2.20. The van der Waals surface area contributed by atoms with Gasteiger partial charge in [0.05, 0.1) is 21.8 Å². The molecule has 5 heteroatoms. The van der Waals surface area contributed by atoms with Crippen molar-refractivity contribution in [1.82, 2.24) is 0 Å². The number of benzene rings is 1. The minimum atomic E-state index is -0.292. The number of rotatable bonds is 1. The van der Waals surface area contributed by atoms with E-state index in [1.807, 2.05) is 0 Å². The molecule has 0 aliphatic heterocycles. The molecule has 0 atom stereocenters. The van der Waals surface area contributed by atoms with E-state index in [0.717, 1.165) is 0 Å². The molecule has 0 aromatic heterocycles. The molecule has 1 aromatic carbocycles. The van der Waals surface area contributed by atoms with E-state index >= 15 is 0 Å². The average Bonchev–Trinajstić information content (AvgIpc) is 2.04. The molecule has 0 aliphatic carbocycles. The van der Waals surface area contributed by atoms with Crippen LogP contribution in [0.1, 0.15) is 0 Å². The van der Waals surface area contributed by atoms with Gasteiger partial charge in [0.2, 0.25) is 0 Å². The molecule has 0 saturated heterocycles. The lowest BCUT2D eigenvalue weighted by Gasteiger charge is -2.11. The zero-order chi connectivity index (χ0) is 9.14. The molecule has 12 heavy (non-hydrogen) atoms. The van der Waals surface area contributed by atoms with Crippen LogP contribution in [0.25, 0.3) is 0 Å². The average molecular weight is 269 g/mol. The van der Waals surface area contributed by atoms with Crippen molar-refractivity contribution in [3.63, 3.8) is 0 Å². The standard InChI is InChI=1S/C7H4BrClFNS/c8-11(7(9)12)6-3-1-5(10)2-4-6/h1-4H. The summed E-state index contributed by atoms with van der Waals surface area (Å²) in [5.41, 5.74) is 0.691. The lowest BCUT2D eigenvalue weighted by molar-refractivity contribution is 0.628. The van der Waals surface area contributed by atoms with Gasteiger partial charge in [-0.1, -0.05) is 11.6 Å². The molecule has 0 bridgehead atoms. The summed E-state index contributed by atoms with van der Waals surface area (Å²) in [4.78, 5) is 0. The first kappa shape index (κ1) is 9.89. The molecule has 0 heterocycles. The third-order valence-corrected chi connectivity index (χ3v) is 2.76. The number of hydrogen-bond acceptors (Lipinski definition) is 1. The molecule has 64 valence electrons. The summed E-state index contributed by atoms with van der Waals surface area (Å²) in [5.74, 6) is -0.292. The van der Waals surface area contributed by atoms with Crippen LogP contribution in [0.5, 0.6) is 0 Å². The summed E-state index contributed by atoms with van der Waals surface area (Å²) in [6, 6.07) is 5.80. The van der Waals surface area contributed by atoms with Gasteiger partial charge in [0.15, 0.2) is 4.45 Å². The van der Waals surface area contributed by atoms with Crippen molar-refractivity contribution in [1.29, 1.82) is 0 Å². The van der Waals surface area contributed by atoms with Crippen molar-refractivity contribution in [2.75, 3.05) is 3.93 Å². The summed E-state index contributed by atoms with van der Waals surface area (Å²) in [5, 5.41) is 0. The van der Waals surface area contributed by atoms with E-state index in [-0.39, 0.29) is 10.3 Å². The van der Waals surface area contributed by atoms with E-state index in [9.17, 15) is 4.39 Å². The minimum Gasteiger partial charge on any atom is -0.257 e. The number of anilines is 1. The summed E-state index contributed by atoms with van der Waals surface area (Å²) in [7, 11) is 0. The highest BCUT2D eigenvalue weighted by Gasteiger charge is 2.05. The van der Waals surface area contributed by atoms with Gasteiger partial charge >= 0.3 is 0 Å². The van der Waals surface area contributed by atoms with E-state index in [1.54, 1.807) is 12.1 Å². The number of halogens is 3. The summed E-state index contributed by atoms with van der Waals surface area (Å²) in [6.45, 7) is 0. The first-order chi connectivity index (χ1) is 5.61. The fourth-order valence-electron chi connectivity index (χ4n) is 0.673. The lowest BCUT2D eigenvalue weighted by Crippen LogP contribution is -2.10. The van der Waals surface area contributed by atoms with Crippen LogP contribution in [0.3, 0.4) is 0 Å². The second kappa shape index (κ2) is 4.16. The predicted molar refractivity (Wildman–Crippen MR) is 56.3 cm³/mol. The van der Waals surface area contributed by atoms with Gasteiger partial charge < -0.3 is 0 Å². The van der Waals surface area contributed by atoms with E-state index in [1.165, 1.54) is 16.1 Å². The quantitative estimate of drug-likeness (QED) is 0.332. The molecule has 1 nitrogen and oxygen atoms in total. The van der Waals surface area contributed by atoms with E-state index in [2.05, 4.69) is 28.4 Å². The lowest BCUT2D eigenvalue weighted by atomic mass is 10.3. The monoisotopic (exact) mass is 267 g/mol. The molecular formula is C7H4BrClFNS. The summed E-state index contributed by atoms with van der Waals surface area (Å²) < 4.78 is 14.0. The zero-order valence-corrected chi connectivity index (χ0v) is 8.96. The highest BCUT2D eigenvalue weighted by molar-refractivity contribution is 9.10. The maximum absolute atomic E-state index is 12.5. The topological polar surface area (TPSA) is 3.24 Å². The van der Waals surface area contributed by atoms with Gasteiger partial charge in [-0.15, -0.1) is 0 Å². The van der Waals surface area contributed by atoms with Gasteiger partial charge in [-0.05, 0) is 36.5 Å². The number of nitrogens with zero attached hydrogens (tertiary/aromatic N) is 1. The Hall–Kier alpha value is -0.190. The molecule has 0 radical (unpaired) electrons. The van der Waals surface area contributed by atoms with Crippen LogP contribution < -0.4 is 3.93 Å². The van der Waals surface area contributed by atoms with E-state index in [4.69, 9.17) is 11.6 Å². The fourth-order valence-corrected chi connectivity index (χ4v) is 1.11. The Labute approximate surface area is 88.5 Å². The van der Waals surface area contributed by atoms with Crippen LogP contribution >= 0.6 is 40.0 Å². The normalized spacial score (nSPS) is 9.58. The SMILES string of the molecule is Fc1ccc(N(Br)C(=S)Cl)cc1. The van der Waals surface area contributed by atoms with Gasteiger partial charge in [0.1, 0.15) is 5.82 Å². The summed E-state index contributed by atoms with van der Waals surface area (Å²) in [6.07, 6.45) is 0. The van der Waals surface area contributed by atoms with Crippen molar-refractivity contribution in [2.45, 2.75) is 0 Å². The van der Waals surface area contributed by atoms with Gasteiger partial charge in [-0.3, -0.25) is 3.93 Å². The second-order valence-electron chi connectivity index (χ2n) is 2.01. The highest BCUT2D eigenvalue weighted by atomic mass is 79.9. The molecule has 0 fully saturated rings. The maximum atomic E-state index is 12.5. The first-order valence-electron chi connectivity index (χ1n) is 3.02. The Morgan fingerprint density at radius 1 is 1.42 bits per heavy atom. The smallest absolute Gasteiger partial charge is 0.184 e. The summed E-state index contributed by atoms with van der Waals surface area (Å²) >= 11 is 13.3. The Morgan fingerprint density at radius 2 is 1.92 bits per heavy atom. The molecule has 0 N–H and O–H groups in total. The molecule has 0 amide bonds. The van der Waals surface area contributed by atoms with E-state index < -0.39 is 0 Å². The molecule has 0 unspecified atom stereocenters. The molecule has 0 aliphatic rings. The third kappa shape index (κ3) is 2.40. The second-order valence-corrected chi connectivity index (χ2v) is 3.69. The Bertz CT molecular complexity index is 290. The molecule has 1 aromatic rings. The molecular weight excluding hydrogens is 265 g/mol. The van der Waals surface area contributed by atoms with Crippen molar-refractivity contribution in [3.8, 4) is 0 Å². The van der Waals surface area contributed by atoms with Crippen molar-refractivity contribution in [2.24, 2.45) is 0 Å². The van der Waals surface area contributed by atoms with Gasteiger partial charge in [-0.25, -0.2) is 4.39 Å². The van der Waals surface area contributed by atoms with Crippen LogP contribution in [-0.4, -0.2) is 4.45 Å². The van der Waals surface area contributed by atoms with Crippen LogP contribution in [0.2, 0.25) is 0 Å². The minimum absolute atomic E-state index is 0.154. The first-order valence-corrected chi connectivity index (χ1v) is 4.52. The number of thiocarbonyl (C=S) groups is 1. The van der Waals surface area contributed by atoms with Crippen LogP contribution in [0, 0.1) is 5.82 Å². The van der Waals surface area contributed by atoms with Gasteiger partial charge in [0.25, 0.3) is 0 Å². The largest absolute Gasteiger partial charge is 0.257 e. The number of hydrogen-bond donors (Lipinski definition) is 0. The molecule has 0 spiro atoms. The van der Waals surface area contributed by atoms with E-state index in [0.29, 0.717) is 5.69 Å². The Morgan fingerprint density at radius 3 is 2.33 bits per heavy atom. The third-order valence-electron chi connectivity index (χ3n) is 1.21. The van der Waals surface area contributed by atoms with Gasteiger partial charge in [-0.2, -0.15) is 0 Å². The Balaban J connectivity index is 2.89.